The Bertz CT molecular complexity index is 563. The topological polar surface area (TPSA) is 72.1 Å². The quantitative estimate of drug-likeness (QED) is 0.912. The number of carbonyl (C=O) groups is 1. The molecule has 0 fully saturated rings. The predicted octanol–water partition coefficient (Wildman–Crippen LogP) is 2.03. The third-order valence-electron chi connectivity index (χ3n) is 2.76. The largest absolute Gasteiger partial charge is 0.384 e. The summed E-state index contributed by atoms with van der Waals surface area (Å²) in [5, 5.41) is 0. The minimum absolute atomic E-state index is 0.0918. The number of nitrogen functional groups attached to an aromatic ring is 1. The number of aryl methyl sites for hydroxylation is 1. The number of hydrogen-bond donors (Lipinski definition) is 1. The minimum atomic E-state index is -0.0918. The molecule has 0 aliphatic heterocycles. The van der Waals surface area contributed by atoms with Crippen molar-refractivity contribution in [1.82, 2.24) is 9.97 Å². The van der Waals surface area contributed by atoms with Gasteiger partial charge in [0.1, 0.15) is 5.82 Å². The van der Waals surface area contributed by atoms with Crippen molar-refractivity contribution >= 4 is 17.4 Å². The van der Waals surface area contributed by atoms with Crippen molar-refractivity contribution in [2.75, 3.05) is 17.2 Å². The van der Waals surface area contributed by atoms with Gasteiger partial charge in [-0.05, 0) is 38.1 Å². The van der Waals surface area contributed by atoms with Gasteiger partial charge >= 0.3 is 0 Å². The van der Waals surface area contributed by atoms with Gasteiger partial charge in [0.05, 0.1) is 0 Å². The van der Waals surface area contributed by atoms with Crippen molar-refractivity contribution in [1.29, 1.82) is 0 Å². The van der Waals surface area contributed by atoms with E-state index in [9.17, 15) is 4.79 Å². The highest BCUT2D eigenvalue weighted by Crippen LogP contribution is 2.17. The first kappa shape index (κ1) is 13.0. The Balaban J connectivity index is 2.36. The van der Waals surface area contributed by atoms with Crippen LogP contribution in [0.25, 0.3) is 0 Å². The maximum absolute atomic E-state index is 12.5. The molecule has 0 saturated heterocycles. The van der Waals surface area contributed by atoms with Gasteiger partial charge in [0.15, 0.2) is 0 Å². The molecule has 0 radical (unpaired) electrons. The molecule has 0 aromatic carbocycles. The summed E-state index contributed by atoms with van der Waals surface area (Å²) in [6.07, 6.45) is 3.33. The van der Waals surface area contributed by atoms with Crippen LogP contribution in [0.2, 0.25) is 0 Å². The average molecular weight is 256 g/mol. The second kappa shape index (κ2) is 5.48. The van der Waals surface area contributed by atoms with E-state index in [-0.39, 0.29) is 5.91 Å². The lowest BCUT2D eigenvalue weighted by atomic mass is 10.2. The molecule has 0 atom stereocenters. The lowest BCUT2D eigenvalue weighted by Gasteiger charge is -2.21. The Labute approximate surface area is 112 Å². The van der Waals surface area contributed by atoms with Gasteiger partial charge in [-0.15, -0.1) is 0 Å². The van der Waals surface area contributed by atoms with E-state index in [1.807, 2.05) is 13.8 Å². The van der Waals surface area contributed by atoms with E-state index in [0.717, 1.165) is 11.4 Å². The van der Waals surface area contributed by atoms with Gasteiger partial charge in [-0.25, -0.2) is 4.98 Å². The Morgan fingerprint density at radius 1 is 1.32 bits per heavy atom. The summed E-state index contributed by atoms with van der Waals surface area (Å²) < 4.78 is 0. The highest BCUT2D eigenvalue weighted by Gasteiger charge is 2.16. The van der Waals surface area contributed by atoms with Crippen molar-refractivity contribution in [3.63, 3.8) is 0 Å². The van der Waals surface area contributed by atoms with Crippen molar-refractivity contribution in [3.8, 4) is 0 Å². The fraction of sp³-hybridized carbons (Fsp3) is 0.214. The van der Waals surface area contributed by atoms with Gasteiger partial charge in [0, 0.05) is 35.9 Å². The normalized spacial score (nSPS) is 10.2. The Morgan fingerprint density at radius 2 is 2.00 bits per heavy atom. The molecule has 98 valence electrons. The van der Waals surface area contributed by atoms with Gasteiger partial charge in [0.2, 0.25) is 0 Å². The van der Waals surface area contributed by atoms with Crippen LogP contribution in [0.3, 0.4) is 0 Å². The first-order valence-electron chi connectivity index (χ1n) is 6.08. The van der Waals surface area contributed by atoms with Crippen LogP contribution in [0, 0.1) is 6.92 Å². The molecule has 2 N–H and O–H groups in total. The first-order valence-corrected chi connectivity index (χ1v) is 6.08. The molecule has 0 unspecified atom stereocenters. The Morgan fingerprint density at radius 3 is 2.58 bits per heavy atom. The van der Waals surface area contributed by atoms with Gasteiger partial charge in [0.25, 0.3) is 5.91 Å². The molecule has 0 saturated carbocycles. The smallest absolute Gasteiger partial charge is 0.258 e. The summed E-state index contributed by atoms with van der Waals surface area (Å²) in [5.41, 5.74) is 7.78. The average Bonchev–Trinajstić information content (AvgIpc) is 2.39. The van der Waals surface area contributed by atoms with Crippen LogP contribution < -0.4 is 10.6 Å². The molecular formula is C14H16N4O. The Hall–Kier alpha value is -2.43. The highest BCUT2D eigenvalue weighted by molar-refractivity contribution is 6.06. The number of aromatic nitrogens is 2. The fourth-order valence-corrected chi connectivity index (χ4v) is 1.94. The number of hydrogen-bond acceptors (Lipinski definition) is 4. The standard InChI is InChI=1S/C14H16N4O/c1-3-18(12-4-6-16-7-5-12)14(19)11-8-10(2)17-13(15)9-11/h4-9H,3H2,1-2H3,(H2,15,17). The third kappa shape index (κ3) is 2.88. The molecular weight excluding hydrogens is 240 g/mol. The number of carbonyl (C=O) groups excluding carboxylic acids is 1. The zero-order valence-electron chi connectivity index (χ0n) is 11.0. The third-order valence-corrected chi connectivity index (χ3v) is 2.76. The molecule has 0 aliphatic rings. The predicted molar refractivity (Wildman–Crippen MR) is 75.0 cm³/mol. The summed E-state index contributed by atoms with van der Waals surface area (Å²) >= 11 is 0. The molecule has 0 aliphatic carbocycles. The van der Waals surface area contributed by atoms with E-state index in [1.165, 1.54) is 0 Å². The summed E-state index contributed by atoms with van der Waals surface area (Å²) in [6, 6.07) is 6.94. The second-order valence-corrected chi connectivity index (χ2v) is 4.18. The molecule has 2 aromatic heterocycles. The van der Waals surface area contributed by atoms with E-state index in [4.69, 9.17) is 5.73 Å². The fourth-order valence-electron chi connectivity index (χ4n) is 1.94. The molecule has 1 amide bonds. The van der Waals surface area contributed by atoms with Gasteiger partial charge < -0.3 is 10.6 Å². The summed E-state index contributed by atoms with van der Waals surface area (Å²) in [6.45, 7) is 4.32. The Kier molecular flexibility index (Phi) is 3.75. The zero-order chi connectivity index (χ0) is 13.8. The molecule has 19 heavy (non-hydrogen) atoms. The first-order chi connectivity index (χ1) is 9.11. The number of nitrogens with zero attached hydrogens (tertiary/aromatic N) is 3. The van der Waals surface area contributed by atoms with E-state index < -0.39 is 0 Å². The number of nitrogens with two attached hydrogens (primary N) is 1. The SMILES string of the molecule is CCN(C(=O)c1cc(C)nc(N)c1)c1ccncc1. The molecule has 2 heterocycles. The lowest BCUT2D eigenvalue weighted by Crippen LogP contribution is -2.30. The lowest BCUT2D eigenvalue weighted by molar-refractivity contribution is 0.0988. The molecule has 0 bridgehead atoms. The summed E-state index contributed by atoms with van der Waals surface area (Å²) in [5.74, 6) is 0.264. The van der Waals surface area contributed by atoms with Crippen molar-refractivity contribution < 1.29 is 4.79 Å². The number of anilines is 2. The van der Waals surface area contributed by atoms with Crippen LogP contribution in [-0.4, -0.2) is 22.4 Å². The molecule has 5 nitrogen and oxygen atoms in total. The van der Waals surface area contributed by atoms with Crippen LogP contribution in [0.15, 0.2) is 36.7 Å². The van der Waals surface area contributed by atoms with Crippen LogP contribution in [0.4, 0.5) is 11.5 Å². The van der Waals surface area contributed by atoms with Gasteiger partial charge in [-0.3, -0.25) is 9.78 Å². The number of rotatable bonds is 3. The summed E-state index contributed by atoms with van der Waals surface area (Å²) in [4.78, 5) is 22.2. The number of amides is 1. The van der Waals surface area contributed by atoms with E-state index >= 15 is 0 Å². The van der Waals surface area contributed by atoms with Crippen LogP contribution in [0.1, 0.15) is 23.0 Å². The van der Waals surface area contributed by atoms with Crippen LogP contribution in [0.5, 0.6) is 0 Å². The molecule has 0 spiro atoms. The maximum atomic E-state index is 12.5. The molecule has 2 rings (SSSR count). The van der Waals surface area contributed by atoms with Gasteiger partial charge in [-0.1, -0.05) is 0 Å². The minimum Gasteiger partial charge on any atom is -0.384 e. The van der Waals surface area contributed by atoms with E-state index in [2.05, 4.69) is 9.97 Å². The van der Waals surface area contributed by atoms with Crippen molar-refractivity contribution in [3.05, 3.63) is 47.9 Å². The van der Waals surface area contributed by atoms with E-state index in [0.29, 0.717) is 17.9 Å². The monoisotopic (exact) mass is 256 g/mol. The summed E-state index contributed by atoms with van der Waals surface area (Å²) in [7, 11) is 0. The van der Waals surface area contributed by atoms with Crippen LogP contribution >= 0.6 is 0 Å². The molecule has 5 heteroatoms. The van der Waals surface area contributed by atoms with E-state index in [1.54, 1.807) is 41.6 Å². The van der Waals surface area contributed by atoms with Crippen molar-refractivity contribution in [2.24, 2.45) is 0 Å². The second-order valence-electron chi connectivity index (χ2n) is 4.18. The van der Waals surface area contributed by atoms with Crippen LogP contribution in [-0.2, 0) is 0 Å². The van der Waals surface area contributed by atoms with Crippen molar-refractivity contribution in [2.45, 2.75) is 13.8 Å². The number of pyridine rings is 2. The molecule has 2 aromatic rings. The van der Waals surface area contributed by atoms with Gasteiger partial charge in [-0.2, -0.15) is 0 Å². The zero-order valence-corrected chi connectivity index (χ0v) is 11.0. The maximum Gasteiger partial charge on any atom is 0.258 e. The highest BCUT2D eigenvalue weighted by atomic mass is 16.2.